The van der Waals surface area contributed by atoms with Crippen molar-refractivity contribution in [1.29, 1.82) is 0 Å². The molecule has 3 aromatic carbocycles. The number of esters is 2. The van der Waals surface area contributed by atoms with Crippen LogP contribution in [0, 0.1) is 0 Å². The highest BCUT2D eigenvalue weighted by molar-refractivity contribution is 9.10. The van der Waals surface area contributed by atoms with Gasteiger partial charge in [-0.25, -0.2) is 9.59 Å². The summed E-state index contributed by atoms with van der Waals surface area (Å²) in [6.45, 7) is 3.67. The molecule has 14 heteroatoms. The lowest BCUT2D eigenvalue weighted by molar-refractivity contribution is -0.137. The lowest BCUT2D eigenvalue weighted by Gasteiger charge is -2.09. The van der Waals surface area contributed by atoms with E-state index < -0.39 is 17.7 Å². The number of ketones is 1. The van der Waals surface area contributed by atoms with Crippen molar-refractivity contribution in [3.05, 3.63) is 105 Å². The van der Waals surface area contributed by atoms with Gasteiger partial charge in [0.05, 0.1) is 33.9 Å². The number of benzene rings is 3. The van der Waals surface area contributed by atoms with Gasteiger partial charge in [-0.2, -0.15) is 0 Å². The summed E-state index contributed by atoms with van der Waals surface area (Å²) in [6, 6.07) is 14.2. The van der Waals surface area contributed by atoms with E-state index in [2.05, 4.69) is 20.7 Å². The molecule has 220 valence electrons. The fourth-order valence-corrected chi connectivity index (χ4v) is 4.65. The predicted octanol–water partition coefficient (Wildman–Crippen LogP) is 11.2. The van der Waals surface area contributed by atoms with E-state index >= 15 is 0 Å². The highest BCUT2D eigenvalue weighted by atomic mass is 79.9. The van der Waals surface area contributed by atoms with Crippen LogP contribution in [0.1, 0.15) is 29.8 Å². The molecule has 0 aromatic heterocycles. The first-order chi connectivity index (χ1) is 19.2. The van der Waals surface area contributed by atoms with Gasteiger partial charge in [-0.15, -0.1) is 0 Å². The van der Waals surface area contributed by atoms with Gasteiger partial charge in [0.25, 0.3) is 5.78 Å². The maximum Gasteiger partial charge on any atom is 0.379 e. The number of halogens is 9. The molecule has 0 aliphatic carbocycles. The smallest absolute Gasteiger partial charge is 0.379 e. The molecule has 0 heterocycles. The summed E-state index contributed by atoms with van der Waals surface area (Å²) in [7, 11) is 0. The van der Waals surface area contributed by atoms with E-state index in [4.69, 9.17) is 97.5 Å². The molecule has 0 bridgehead atoms. The average Bonchev–Trinajstić information content (AvgIpc) is 2.88. The number of hydrogen-bond donors (Lipinski definition) is 0. The van der Waals surface area contributed by atoms with Crippen LogP contribution in [0.5, 0.6) is 0 Å². The van der Waals surface area contributed by atoms with Crippen LogP contribution in [-0.2, 0) is 19.1 Å². The molecule has 0 radical (unpaired) electrons. The van der Waals surface area contributed by atoms with Gasteiger partial charge in [0.2, 0.25) is 0 Å². The van der Waals surface area contributed by atoms with Gasteiger partial charge >= 0.3 is 11.9 Å². The van der Waals surface area contributed by atoms with Gasteiger partial charge in [-0.05, 0) is 78.3 Å². The van der Waals surface area contributed by atoms with Crippen molar-refractivity contribution < 1.29 is 23.9 Å². The molecule has 5 nitrogen and oxygen atoms in total. The third kappa shape index (κ3) is 12.9. The maximum absolute atomic E-state index is 11.7. The topological polar surface area (TPSA) is 69.7 Å². The first-order valence-electron chi connectivity index (χ1n) is 11.2. The number of carbonyl (C=O) groups excluding carboxylic acids is 3. The van der Waals surface area contributed by atoms with E-state index in [-0.39, 0.29) is 38.9 Å². The van der Waals surface area contributed by atoms with Crippen LogP contribution in [0.4, 0.5) is 0 Å². The number of carbonyl (C=O) groups is 3. The Morgan fingerprint density at radius 2 is 1.05 bits per heavy atom. The van der Waals surface area contributed by atoms with Gasteiger partial charge in [0.15, 0.2) is 0 Å². The molecule has 0 saturated heterocycles. The Bertz CT molecular complexity index is 1420. The summed E-state index contributed by atoms with van der Waals surface area (Å²) in [5.74, 6) is -2.31. The second kappa shape index (κ2) is 19.2. The van der Waals surface area contributed by atoms with Crippen LogP contribution < -0.4 is 0 Å². The summed E-state index contributed by atoms with van der Waals surface area (Å²) in [5, 5.41) is 2.57. The summed E-state index contributed by atoms with van der Waals surface area (Å²) in [4.78, 5) is 34.3. The SMILES string of the molecule is CCOC(=O)C(=C(Cl)Cl)c1ccc(Cl)cc1Cl.CCOC(=O)C(=O)c1ccc(Cl)cc1Cl.Clc1ccc(Br)c(Cl)c1. The number of Topliss-reactive ketones (excluding diaryl/α,β-unsaturated/α-hetero) is 1. The predicted molar refractivity (Wildman–Crippen MR) is 173 cm³/mol. The zero-order valence-electron chi connectivity index (χ0n) is 21.1. The normalized spacial score (nSPS) is 9.83. The summed E-state index contributed by atoms with van der Waals surface area (Å²) in [5.41, 5.74) is 0.505. The van der Waals surface area contributed by atoms with E-state index in [1.807, 2.05) is 6.07 Å². The minimum atomic E-state index is -0.915. The molecule has 0 N–H and O–H groups in total. The number of ether oxygens (including phenoxy) is 2. The van der Waals surface area contributed by atoms with E-state index in [0.29, 0.717) is 25.7 Å². The molecule has 41 heavy (non-hydrogen) atoms. The van der Waals surface area contributed by atoms with E-state index in [9.17, 15) is 14.4 Å². The molecule has 3 rings (SSSR count). The molecular formula is C27H19BrCl8O5. The van der Waals surface area contributed by atoms with Crippen LogP contribution >= 0.6 is 109 Å². The third-order valence-electron chi connectivity index (χ3n) is 4.39. The highest BCUT2D eigenvalue weighted by Gasteiger charge is 2.21. The Hall–Kier alpha value is -1.19. The number of hydrogen-bond acceptors (Lipinski definition) is 5. The van der Waals surface area contributed by atoms with E-state index in [0.717, 1.165) is 4.47 Å². The molecule has 0 fully saturated rings. The highest BCUT2D eigenvalue weighted by Crippen LogP contribution is 2.32. The molecule has 3 aromatic rings. The molecule has 0 saturated carbocycles. The fourth-order valence-electron chi connectivity index (χ4n) is 2.64. The first kappa shape index (κ1) is 37.8. The Morgan fingerprint density at radius 3 is 1.44 bits per heavy atom. The largest absolute Gasteiger partial charge is 0.462 e. The summed E-state index contributed by atoms with van der Waals surface area (Å²) < 4.78 is 10.1. The van der Waals surface area contributed by atoms with Gasteiger partial charge in [-0.3, -0.25) is 4.79 Å². The first-order valence-corrected chi connectivity index (χ1v) is 15.0. The van der Waals surface area contributed by atoms with Gasteiger partial charge in [-0.1, -0.05) is 98.9 Å². The second-order valence-electron chi connectivity index (χ2n) is 7.21. The molecule has 0 atom stereocenters. The van der Waals surface area contributed by atoms with Gasteiger partial charge in [0, 0.05) is 30.7 Å². The molecular weight excluding hydrogens is 768 g/mol. The Kier molecular flexibility index (Phi) is 17.7. The molecule has 0 amide bonds. The van der Waals surface area contributed by atoms with Crippen molar-refractivity contribution in [3.63, 3.8) is 0 Å². The standard InChI is InChI=1S/C11H8Cl4O2.C10H8Cl2O3.C6H3BrCl2/c1-2-17-11(16)9(10(14)15)7-4-3-6(12)5-8(7)13;1-2-15-10(14)9(13)7-4-3-6(11)5-8(7)12;7-5-2-1-4(8)3-6(5)9/h3-5H,2H2,1H3;3-5H,2H2,1H3;1-3H. The van der Waals surface area contributed by atoms with E-state index in [1.54, 1.807) is 38.1 Å². The van der Waals surface area contributed by atoms with Gasteiger partial charge < -0.3 is 9.47 Å². The maximum atomic E-state index is 11.7. The van der Waals surface area contributed by atoms with Crippen molar-refractivity contribution in [3.8, 4) is 0 Å². The van der Waals surface area contributed by atoms with Crippen LogP contribution in [0.25, 0.3) is 5.57 Å². The third-order valence-corrected chi connectivity index (χ3v) is 7.33. The number of rotatable bonds is 6. The average molecular weight is 787 g/mol. The Balaban J connectivity index is 0.000000321. The van der Waals surface area contributed by atoms with Gasteiger partial charge in [0.1, 0.15) is 4.49 Å². The van der Waals surface area contributed by atoms with Crippen LogP contribution in [0.3, 0.4) is 0 Å². The quantitative estimate of drug-likeness (QED) is 0.0818. The summed E-state index contributed by atoms with van der Waals surface area (Å²) >= 11 is 49.0. The Labute approximate surface area is 285 Å². The second-order valence-corrected chi connectivity index (χ2v) is 11.5. The van der Waals surface area contributed by atoms with Crippen LogP contribution in [0.2, 0.25) is 30.1 Å². The molecule has 0 unspecified atom stereocenters. The van der Waals surface area contributed by atoms with Crippen LogP contribution in [0.15, 0.2) is 63.6 Å². The summed E-state index contributed by atoms with van der Waals surface area (Å²) in [6.07, 6.45) is 0. The minimum Gasteiger partial charge on any atom is -0.462 e. The van der Waals surface area contributed by atoms with Crippen molar-refractivity contribution in [1.82, 2.24) is 0 Å². The monoisotopic (exact) mass is 782 g/mol. The van der Waals surface area contributed by atoms with E-state index in [1.165, 1.54) is 24.3 Å². The Morgan fingerprint density at radius 1 is 0.634 bits per heavy atom. The van der Waals surface area contributed by atoms with Crippen molar-refractivity contribution in [2.24, 2.45) is 0 Å². The molecule has 0 spiro atoms. The fraction of sp³-hybridized carbons (Fsp3) is 0.148. The minimum absolute atomic E-state index is 0.0249. The zero-order valence-corrected chi connectivity index (χ0v) is 28.7. The lowest BCUT2D eigenvalue weighted by Crippen LogP contribution is -2.17. The molecule has 0 aliphatic rings. The zero-order chi connectivity index (χ0) is 31.3. The van der Waals surface area contributed by atoms with Crippen LogP contribution in [-0.4, -0.2) is 30.9 Å². The van der Waals surface area contributed by atoms with Crippen molar-refractivity contribution >= 4 is 132 Å². The van der Waals surface area contributed by atoms with Crippen molar-refractivity contribution in [2.75, 3.05) is 13.2 Å². The lowest BCUT2D eigenvalue weighted by atomic mass is 10.1. The van der Waals surface area contributed by atoms with Crippen molar-refractivity contribution in [2.45, 2.75) is 13.8 Å². The molecule has 0 aliphatic heterocycles.